The first kappa shape index (κ1) is 22.4. The van der Waals surface area contributed by atoms with Crippen LogP contribution in [0, 0.1) is 0 Å². The van der Waals surface area contributed by atoms with Gasteiger partial charge >= 0.3 is 12.1 Å². The molecular formula is C26H28N2O6. The number of aliphatic carboxylic acids is 1. The summed E-state index contributed by atoms with van der Waals surface area (Å²) in [4.78, 5) is 38.0. The molecule has 1 unspecified atom stereocenters. The molecule has 2 aromatic rings. The second-order valence-corrected chi connectivity index (χ2v) is 9.38. The van der Waals surface area contributed by atoms with Crippen molar-refractivity contribution in [3.8, 4) is 11.1 Å². The highest BCUT2D eigenvalue weighted by atomic mass is 16.5. The van der Waals surface area contributed by atoms with Crippen LogP contribution in [0.3, 0.4) is 0 Å². The summed E-state index contributed by atoms with van der Waals surface area (Å²) in [6.07, 6.45) is 1.89. The molecule has 178 valence electrons. The molecule has 8 heteroatoms. The summed E-state index contributed by atoms with van der Waals surface area (Å²) in [5, 5.41) is 15.1. The Morgan fingerprint density at radius 3 is 2.09 bits per heavy atom. The molecule has 3 aliphatic rings. The molecule has 34 heavy (non-hydrogen) atoms. The minimum Gasteiger partial charge on any atom is -0.479 e. The number of carboxylic acid groups (broad SMARTS) is 1. The number of fused-ring (bicyclic) bond motifs is 3. The predicted octanol–water partition coefficient (Wildman–Crippen LogP) is 3.20. The summed E-state index contributed by atoms with van der Waals surface area (Å²) in [6, 6.07) is 16.2. The van der Waals surface area contributed by atoms with E-state index >= 15 is 0 Å². The SMILES string of the molecule is O=C(NC1(C(=O)NC2(C(=O)O)CCOC2)CCCC1)OCC1c2ccccc2-c2ccccc21. The summed E-state index contributed by atoms with van der Waals surface area (Å²) >= 11 is 0. The van der Waals surface area contributed by atoms with Gasteiger partial charge in [-0.1, -0.05) is 61.4 Å². The number of rotatable bonds is 6. The second-order valence-electron chi connectivity index (χ2n) is 9.38. The zero-order chi connectivity index (χ0) is 23.8. The molecule has 2 aromatic carbocycles. The zero-order valence-corrected chi connectivity index (χ0v) is 18.8. The number of carboxylic acids is 1. The van der Waals surface area contributed by atoms with Gasteiger partial charge in [-0.15, -0.1) is 0 Å². The average molecular weight is 465 g/mol. The fourth-order valence-corrected chi connectivity index (χ4v) is 5.44. The minimum atomic E-state index is -1.46. The smallest absolute Gasteiger partial charge is 0.408 e. The lowest BCUT2D eigenvalue weighted by atomic mass is 9.92. The van der Waals surface area contributed by atoms with Gasteiger partial charge in [0.1, 0.15) is 12.1 Å². The van der Waals surface area contributed by atoms with Crippen molar-refractivity contribution in [3.63, 3.8) is 0 Å². The Kier molecular flexibility index (Phi) is 5.77. The van der Waals surface area contributed by atoms with Gasteiger partial charge in [0.2, 0.25) is 5.91 Å². The lowest BCUT2D eigenvalue weighted by Crippen LogP contribution is -2.64. The van der Waals surface area contributed by atoms with Crippen molar-refractivity contribution < 1.29 is 29.0 Å². The summed E-state index contributed by atoms with van der Waals surface area (Å²) < 4.78 is 10.9. The van der Waals surface area contributed by atoms with Crippen molar-refractivity contribution in [1.82, 2.24) is 10.6 Å². The fraction of sp³-hybridized carbons (Fsp3) is 0.423. The van der Waals surface area contributed by atoms with E-state index < -0.39 is 29.0 Å². The lowest BCUT2D eigenvalue weighted by molar-refractivity contribution is -0.148. The first-order valence-electron chi connectivity index (χ1n) is 11.7. The second kappa shape index (κ2) is 8.76. The zero-order valence-electron chi connectivity index (χ0n) is 18.8. The minimum absolute atomic E-state index is 0.0857. The number of benzene rings is 2. The van der Waals surface area contributed by atoms with Crippen LogP contribution in [0.15, 0.2) is 48.5 Å². The summed E-state index contributed by atoms with van der Waals surface area (Å²) in [5.74, 6) is -1.71. The molecule has 0 aromatic heterocycles. The summed E-state index contributed by atoms with van der Waals surface area (Å²) in [6.45, 7) is 0.318. The third-order valence-corrected chi connectivity index (χ3v) is 7.36. The maximum Gasteiger partial charge on any atom is 0.408 e. The molecule has 3 N–H and O–H groups in total. The molecular weight excluding hydrogens is 436 g/mol. The highest BCUT2D eigenvalue weighted by molar-refractivity contribution is 5.94. The van der Waals surface area contributed by atoms with Crippen LogP contribution in [0.5, 0.6) is 0 Å². The van der Waals surface area contributed by atoms with Gasteiger partial charge in [-0.2, -0.15) is 0 Å². The Morgan fingerprint density at radius 2 is 1.53 bits per heavy atom. The van der Waals surface area contributed by atoms with E-state index in [-0.39, 0.29) is 32.2 Å². The molecule has 1 aliphatic heterocycles. The Hall–Kier alpha value is -3.39. The predicted molar refractivity (Wildman–Crippen MR) is 123 cm³/mol. The molecule has 0 bridgehead atoms. The van der Waals surface area contributed by atoms with Crippen LogP contribution < -0.4 is 10.6 Å². The average Bonchev–Trinajstić information content (AvgIpc) is 3.57. The first-order chi connectivity index (χ1) is 16.4. The summed E-state index contributed by atoms with van der Waals surface area (Å²) in [5.41, 5.74) is 1.83. The van der Waals surface area contributed by atoms with Crippen molar-refractivity contribution in [2.24, 2.45) is 0 Å². The number of carbonyl (C=O) groups excluding carboxylic acids is 2. The Balaban J connectivity index is 1.29. The van der Waals surface area contributed by atoms with Crippen molar-refractivity contribution in [2.75, 3.05) is 19.8 Å². The molecule has 5 rings (SSSR count). The lowest BCUT2D eigenvalue weighted by Gasteiger charge is -2.33. The van der Waals surface area contributed by atoms with Crippen LogP contribution in [0.1, 0.15) is 49.1 Å². The number of hydrogen-bond donors (Lipinski definition) is 3. The number of amides is 2. The topological polar surface area (TPSA) is 114 Å². The van der Waals surface area contributed by atoms with Crippen molar-refractivity contribution in [1.29, 1.82) is 0 Å². The van der Waals surface area contributed by atoms with Crippen molar-refractivity contribution in [3.05, 3.63) is 59.7 Å². The fourth-order valence-electron chi connectivity index (χ4n) is 5.44. The quantitative estimate of drug-likeness (QED) is 0.605. The maximum absolute atomic E-state index is 13.3. The van der Waals surface area contributed by atoms with E-state index in [1.54, 1.807) is 0 Å². The summed E-state index contributed by atoms with van der Waals surface area (Å²) in [7, 11) is 0. The van der Waals surface area contributed by atoms with Gasteiger partial charge in [-0.25, -0.2) is 9.59 Å². The van der Waals surface area contributed by atoms with Crippen LogP contribution >= 0.6 is 0 Å². The van der Waals surface area contributed by atoms with Crippen molar-refractivity contribution >= 4 is 18.0 Å². The Morgan fingerprint density at radius 1 is 0.912 bits per heavy atom. The maximum atomic E-state index is 13.3. The van der Waals surface area contributed by atoms with Gasteiger partial charge in [-0.3, -0.25) is 4.79 Å². The van der Waals surface area contributed by atoms with Gasteiger partial charge in [0.25, 0.3) is 0 Å². The molecule has 1 heterocycles. The van der Waals surface area contributed by atoms with Gasteiger partial charge in [0.05, 0.1) is 6.61 Å². The largest absolute Gasteiger partial charge is 0.479 e. The number of nitrogens with one attached hydrogen (secondary N) is 2. The molecule has 2 fully saturated rings. The molecule has 1 atom stereocenters. The standard InChI is InChI=1S/C26H28N2O6/c29-22(27-26(23(30)31)13-14-33-16-26)25(11-5-6-12-25)28-24(32)34-15-21-19-9-3-1-7-17(19)18-8-2-4-10-20(18)21/h1-4,7-10,21H,5-6,11-16H2,(H,27,29)(H,28,32)(H,30,31). The Labute approximate surface area is 197 Å². The number of carbonyl (C=O) groups is 3. The number of ether oxygens (including phenoxy) is 2. The van der Waals surface area contributed by atoms with E-state index in [0.29, 0.717) is 12.8 Å². The van der Waals surface area contributed by atoms with Gasteiger partial charge in [0, 0.05) is 18.9 Å². The van der Waals surface area contributed by atoms with E-state index in [2.05, 4.69) is 22.8 Å². The van der Waals surface area contributed by atoms with Crippen LogP contribution in [0.25, 0.3) is 11.1 Å². The van der Waals surface area contributed by atoms with E-state index in [0.717, 1.165) is 35.1 Å². The molecule has 0 radical (unpaired) electrons. The third-order valence-electron chi connectivity index (χ3n) is 7.36. The van der Waals surface area contributed by atoms with E-state index in [4.69, 9.17) is 9.47 Å². The van der Waals surface area contributed by atoms with Crippen LogP contribution in [-0.4, -0.2) is 54.0 Å². The first-order valence-corrected chi connectivity index (χ1v) is 11.7. The van der Waals surface area contributed by atoms with Crippen molar-refractivity contribution in [2.45, 2.75) is 49.1 Å². The molecule has 0 spiro atoms. The number of hydrogen-bond acceptors (Lipinski definition) is 5. The van der Waals surface area contributed by atoms with E-state index in [9.17, 15) is 19.5 Å². The molecule has 2 aliphatic carbocycles. The molecule has 1 saturated heterocycles. The molecule has 1 saturated carbocycles. The number of alkyl carbamates (subject to hydrolysis) is 1. The third kappa shape index (κ3) is 3.81. The van der Waals surface area contributed by atoms with E-state index in [1.165, 1.54) is 0 Å². The normalized spacial score (nSPS) is 22.6. The van der Waals surface area contributed by atoms with E-state index in [1.807, 2.05) is 36.4 Å². The Bertz CT molecular complexity index is 1070. The molecule has 8 nitrogen and oxygen atoms in total. The monoisotopic (exact) mass is 464 g/mol. The molecule has 2 amide bonds. The highest BCUT2D eigenvalue weighted by Gasteiger charge is 2.50. The van der Waals surface area contributed by atoms with Crippen LogP contribution in [0.4, 0.5) is 4.79 Å². The van der Waals surface area contributed by atoms with Gasteiger partial charge in [-0.05, 0) is 35.1 Å². The van der Waals surface area contributed by atoms with Gasteiger partial charge in [0.15, 0.2) is 5.54 Å². The highest BCUT2D eigenvalue weighted by Crippen LogP contribution is 2.44. The van der Waals surface area contributed by atoms with Crippen LogP contribution in [-0.2, 0) is 19.1 Å². The van der Waals surface area contributed by atoms with Gasteiger partial charge < -0.3 is 25.2 Å². The van der Waals surface area contributed by atoms with Crippen LogP contribution in [0.2, 0.25) is 0 Å².